The first-order valence-corrected chi connectivity index (χ1v) is 13.0. The number of amides is 1. The summed E-state index contributed by atoms with van der Waals surface area (Å²) in [6.07, 6.45) is 3.65. The lowest BCUT2D eigenvalue weighted by Crippen LogP contribution is -2.37. The quantitative estimate of drug-likeness (QED) is 0.360. The standard InChI is InChI=1S/C29H31N3OS/c1-21-27(34-29(31-21)18-24-14-9-13-22-10-5-6-15-25(22)24)19-28(33)30-20-26(32-16-7-8-17-32)23-11-3-2-4-12-23/h2-6,9-15,26H,7-8,16-20H2,1H3,(H,30,33). The zero-order valence-electron chi connectivity index (χ0n) is 19.7. The van der Waals surface area contributed by atoms with Gasteiger partial charge in [-0.15, -0.1) is 11.3 Å². The molecule has 1 N–H and O–H groups in total. The summed E-state index contributed by atoms with van der Waals surface area (Å²) in [5.41, 5.74) is 3.52. The maximum absolute atomic E-state index is 12.9. The number of likely N-dealkylation sites (tertiary alicyclic amines) is 1. The van der Waals surface area contributed by atoms with E-state index in [0.29, 0.717) is 13.0 Å². The molecule has 1 aliphatic heterocycles. The fourth-order valence-electron chi connectivity index (χ4n) is 4.94. The van der Waals surface area contributed by atoms with Gasteiger partial charge in [0.15, 0.2) is 0 Å². The second-order valence-electron chi connectivity index (χ2n) is 9.08. The van der Waals surface area contributed by atoms with Gasteiger partial charge < -0.3 is 5.32 Å². The van der Waals surface area contributed by atoms with Crippen molar-refractivity contribution in [2.75, 3.05) is 19.6 Å². The molecule has 1 aromatic heterocycles. The molecule has 1 amide bonds. The molecule has 34 heavy (non-hydrogen) atoms. The van der Waals surface area contributed by atoms with Crippen molar-refractivity contribution in [2.45, 2.75) is 38.6 Å². The van der Waals surface area contributed by atoms with Gasteiger partial charge in [0.1, 0.15) is 0 Å². The van der Waals surface area contributed by atoms with Crippen molar-refractivity contribution in [1.82, 2.24) is 15.2 Å². The highest BCUT2D eigenvalue weighted by molar-refractivity contribution is 7.11. The minimum Gasteiger partial charge on any atom is -0.354 e. The third-order valence-corrected chi connectivity index (χ3v) is 7.90. The smallest absolute Gasteiger partial charge is 0.225 e. The molecule has 1 atom stereocenters. The van der Waals surface area contributed by atoms with Gasteiger partial charge in [-0.2, -0.15) is 0 Å². The molecule has 5 heteroatoms. The Bertz CT molecular complexity index is 1260. The molecule has 4 aromatic rings. The molecule has 0 bridgehead atoms. The first-order valence-electron chi connectivity index (χ1n) is 12.1. The Balaban J connectivity index is 1.24. The maximum Gasteiger partial charge on any atom is 0.225 e. The summed E-state index contributed by atoms with van der Waals surface area (Å²) < 4.78 is 0. The van der Waals surface area contributed by atoms with Crippen LogP contribution in [0.4, 0.5) is 0 Å². The monoisotopic (exact) mass is 469 g/mol. The molecule has 1 unspecified atom stereocenters. The van der Waals surface area contributed by atoms with E-state index < -0.39 is 0 Å². The molecule has 5 rings (SSSR count). The Hall–Kier alpha value is -3.02. The van der Waals surface area contributed by atoms with Gasteiger partial charge in [0.25, 0.3) is 0 Å². The van der Waals surface area contributed by atoms with Crippen molar-refractivity contribution in [3.63, 3.8) is 0 Å². The van der Waals surface area contributed by atoms with Crippen LogP contribution in [0.2, 0.25) is 0 Å². The highest BCUT2D eigenvalue weighted by atomic mass is 32.1. The normalized spacial score (nSPS) is 15.0. The Morgan fingerprint density at radius 3 is 2.56 bits per heavy atom. The summed E-state index contributed by atoms with van der Waals surface area (Å²) in [7, 11) is 0. The maximum atomic E-state index is 12.9. The zero-order valence-corrected chi connectivity index (χ0v) is 20.5. The molecule has 0 spiro atoms. The molecule has 3 aromatic carbocycles. The van der Waals surface area contributed by atoms with Crippen molar-refractivity contribution in [1.29, 1.82) is 0 Å². The Morgan fingerprint density at radius 1 is 1.00 bits per heavy atom. The van der Waals surface area contributed by atoms with Crippen LogP contribution in [0.15, 0.2) is 72.8 Å². The third-order valence-electron chi connectivity index (χ3n) is 6.74. The van der Waals surface area contributed by atoms with Crippen LogP contribution in [0.3, 0.4) is 0 Å². The highest BCUT2D eigenvalue weighted by Crippen LogP contribution is 2.27. The average molecular weight is 470 g/mol. The minimum atomic E-state index is 0.0728. The summed E-state index contributed by atoms with van der Waals surface area (Å²) >= 11 is 1.66. The third kappa shape index (κ3) is 5.21. The topological polar surface area (TPSA) is 45.2 Å². The number of thiazole rings is 1. The van der Waals surface area contributed by atoms with E-state index in [1.54, 1.807) is 11.3 Å². The van der Waals surface area contributed by atoms with Crippen LogP contribution < -0.4 is 5.32 Å². The van der Waals surface area contributed by atoms with Crippen molar-refractivity contribution >= 4 is 28.0 Å². The van der Waals surface area contributed by atoms with Gasteiger partial charge in [-0.05, 0) is 54.8 Å². The minimum absolute atomic E-state index is 0.0728. The van der Waals surface area contributed by atoms with E-state index in [4.69, 9.17) is 4.98 Å². The van der Waals surface area contributed by atoms with E-state index >= 15 is 0 Å². The van der Waals surface area contributed by atoms with Crippen molar-refractivity contribution in [3.8, 4) is 0 Å². The van der Waals surface area contributed by atoms with Crippen LogP contribution in [0, 0.1) is 6.92 Å². The number of benzene rings is 3. The van der Waals surface area contributed by atoms with Gasteiger partial charge in [-0.1, -0.05) is 72.8 Å². The first-order chi connectivity index (χ1) is 16.7. The fourth-order valence-corrected chi connectivity index (χ4v) is 6.03. The molecular weight excluding hydrogens is 438 g/mol. The largest absolute Gasteiger partial charge is 0.354 e. The number of nitrogens with zero attached hydrogens (tertiary/aromatic N) is 2. The van der Waals surface area contributed by atoms with Crippen LogP contribution in [-0.4, -0.2) is 35.4 Å². The number of nitrogens with one attached hydrogen (secondary N) is 1. The van der Waals surface area contributed by atoms with Crippen molar-refractivity contribution < 1.29 is 4.79 Å². The zero-order chi connectivity index (χ0) is 23.3. The predicted molar refractivity (Wildman–Crippen MR) is 140 cm³/mol. The second kappa shape index (κ2) is 10.5. The van der Waals surface area contributed by atoms with Gasteiger partial charge in [-0.3, -0.25) is 9.69 Å². The Labute approximate surface area is 205 Å². The van der Waals surface area contributed by atoms with Gasteiger partial charge in [0.2, 0.25) is 5.91 Å². The molecule has 1 aliphatic rings. The predicted octanol–water partition coefficient (Wildman–Crippen LogP) is 5.69. The molecule has 174 valence electrons. The van der Waals surface area contributed by atoms with Crippen LogP contribution in [-0.2, 0) is 17.6 Å². The molecule has 1 saturated heterocycles. The molecule has 0 aliphatic carbocycles. The van der Waals surface area contributed by atoms with Crippen LogP contribution >= 0.6 is 11.3 Å². The number of hydrogen-bond donors (Lipinski definition) is 1. The SMILES string of the molecule is Cc1nc(Cc2cccc3ccccc23)sc1CC(=O)NCC(c1ccccc1)N1CCCC1. The molecule has 1 fully saturated rings. The number of rotatable bonds is 8. The van der Waals surface area contributed by atoms with Gasteiger partial charge in [-0.25, -0.2) is 4.98 Å². The lowest BCUT2D eigenvalue weighted by molar-refractivity contribution is -0.120. The lowest BCUT2D eigenvalue weighted by Gasteiger charge is -2.28. The van der Waals surface area contributed by atoms with E-state index in [2.05, 4.69) is 76.9 Å². The number of hydrogen-bond acceptors (Lipinski definition) is 4. The van der Waals surface area contributed by atoms with Gasteiger partial charge >= 0.3 is 0 Å². The summed E-state index contributed by atoms with van der Waals surface area (Å²) in [5, 5.41) is 6.80. The average Bonchev–Trinajstić information content (AvgIpc) is 3.50. The first kappa shape index (κ1) is 22.8. The van der Waals surface area contributed by atoms with Crippen molar-refractivity contribution in [2.24, 2.45) is 0 Å². The van der Waals surface area contributed by atoms with E-state index in [1.807, 2.05) is 13.0 Å². The Morgan fingerprint density at radius 2 is 1.74 bits per heavy atom. The van der Waals surface area contributed by atoms with E-state index in [0.717, 1.165) is 35.1 Å². The molecule has 4 nitrogen and oxygen atoms in total. The number of fused-ring (bicyclic) bond motifs is 1. The second-order valence-corrected chi connectivity index (χ2v) is 10.2. The summed E-state index contributed by atoms with van der Waals surface area (Å²) in [5.74, 6) is 0.0728. The van der Waals surface area contributed by atoms with Gasteiger partial charge in [0, 0.05) is 17.8 Å². The Kier molecular flexibility index (Phi) is 7.02. The van der Waals surface area contributed by atoms with E-state index in [1.165, 1.54) is 34.7 Å². The summed E-state index contributed by atoms with van der Waals surface area (Å²) in [6, 6.07) is 25.7. The lowest BCUT2D eigenvalue weighted by atomic mass is 10.0. The van der Waals surface area contributed by atoms with E-state index in [-0.39, 0.29) is 11.9 Å². The number of carbonyl (C=O) groups excluding carboxylic acids is 1. The highest BCUT2D eigenvalue weighted by Gasteiger charge is 2.24. The van der Waals surface area contributed by atoms with Crippen LogP contribution in [0.25, 0.3) is 10.8 Å². The van der Waals surface area contributed by atoms with Crippen LogP contribution in [0.1, 0.15) is 45.6 Å². The van der Waals surface area contributed by atoms with Crippen LogP contribution in [0.5, 0.6) is 0 Å². The number of carbonyl (C=O) groups is 1. The molecule has 2 heterocycles. The summed E-state index contributed by atoms with van der Waals surface area (Å²) in [6.45, 7) is 4.86. The summed E-state index contributed by atoms with van der Waals surface area (Å²) in [4.78, 5) is 21.3. The van der Waals surface area contributed by atoms with Crippen molar-refractivity contribution in [3.05, 3.63) is 99.5 Å². The number of aromatic nitrogens is 1. The fraction of sp³-hybridized carbons (Fsp3) is 0.310. The number of aryl methyl sites for hydroxylation is 1. The molecule has 0 saturated carbocycles. The molecular formula is C29H31N3OS. The van der Waals surface area contributed by atoms with Gasteiger partial charge in [0.05, 0.1) is 23.2 Å². The molecule has 0 radical (unpaired) electrons. The van der Waals surface area contributed by atoms with E-state index in [9.17, 15) is 4.79 Å².